The van der Waals surface area contributed by atoms with E-state index in [0.717, 1.165) is 11.3 Å². The first-order valence-corrected chi connectivity index (χ1v) is 7.55. The first-order valence-electron chi connectivity index (χ1n) is 5.98. The smallest absolute Gasteiger partial charge is 0.349 e. The first kappa shape index (κ1) is 15.8. The predicted octanol–water partition coefficient (Wildman–Crippen LogP) is 4.24. The predicted molar refractivity (Wildman–Crippen MR) is 84.3 cm³/mol. The van der Waals surface area contributed by atoms with Crippen molar-refractivity contribution < 1.29 is 14.3 Å². The number of anilines is 1. The summed E-state index contributed by atoms with van der Waals surface area (Å²) in [5, 5.41) is 3.20. The average Bonchev–Trinajstić information content (AvgIpc) is 2.88. The summed E-state index contributed by atoms with van der Waals surface area (Å²) in [6.07, 6.45) is -0.922. The quantitative estimate of drug-likeness (QED) is 0.844. The summed E-state index contributed by atoms with van der Waals surface area (Å²) in [4.78, 5) is 24.1. The van der Waals surface area contributed by atoms with Crippen LogP contribution in [0.25, 0.3) is 0 Å². The summed E-state index contributed by atoms with van der Waals surface area (Å²) < 4.78 is 5.57. The second kappa shape index (κ2) is 6.93. The Morgan fingerprint density at radius 3 is 2.38 bits per heavy atom. The van der Waals surface area contributed by atoms with Crippen molar-refractivity contribution in [3.8, 4) is 0 Å². The Morgan fingerprint density at radius 2 is 1.81 bits per heavy atom. The maximum absolute atomic E-state index is 11.9. The van der Waals surface area contributed by atoms with Crippen molar-refractivity contribution in [2.24, 2.45) is 0 Å². The standard InChI is InChI=1S/C14H11Cl2NO3S/c1-8(20-14(19)11-6-7-12(16)21-11)13(18)17-10-4-2-9(15)3-5-10/h2-8H,1H3,(H,17,18)/t8-/m1/s1. The molecule has 0 radical (unpaired) electrons. The van der Waals surface area contributed by atoms with Crippen LogP contribution < -0.4 is 5.32 Å². The van der Waals surface area contributed by atoms with Gasteiger partial charge in [0.1, 0.15) is 4.88 Å². The second-order valence-corrected chi connectivity index (χ2v) is 6.30. The van der Waals surface area contributed by atoms with Gasteiger partial charge in [-0.15, -0.1) is 11.3 Å². The van der Waals surface area contributed by atoms with Crippen LogP contribution in [0, 0.1) is 0 Å². The minimum atomic E-state index is -0.922. The van der Waals surface area contributed by atoms with Crippen LogP contribution in [0.15, 0.2) is 36.4 Å². The molecular formula is C14H11Cl2NO3S. The summed E-state index contributed by atoms with van der Waals surface area (Å²) >= 11 is 12.6. The van der Waals surface area contributed by atoms with E-state index in [1.807, 2.05) is 0 Å². The zero-order valence-electron chi connectivity index (χ0n) is 10.9. The SMILES string of the molecule is C[C@@H](OC(=O)c1ccc(Cl)s1)C(=O)Nc1ccc(Cl)cc1. The minimum absolute atomic E-state index is 0.353. The van der Waals surface area contributed by atoms with Crippen molar-refractivity contribution in [3.63, 3.8) is 0 Å². The van der Waals surface area contributed by atoms with Gasteiger partial charge in [0.25, 0.3) is 5.91 Å². The van der Waals surface area contributed by atoms with Gasteiger partial charge in [0.15, 0.2) is 6.10 Å². The van der Waals surface area contributed by atoms with Crippen molar-refractivity contribution in [1.82, 2.24) is 0 Å². The fourth-order valence-electron chi connectivity index (χ4n) is 1.47. The Hall–Kier alpha value is -1.56. The molecule has 1 aromatic heterocycles. The molecule has 7 heteroatoms. The number of hydrogen-bond donors (Lipinski definition) is 1. The second-order valence-electron chi connectivity index (χ2n) is 4.15. The van der Waals surface area contributed by atoms with Gasteiger partial charge in [0, 0.05) is 10.7 Å². The van der Waals surface area contributed by atoms with E-state index in [0.29, 0.717) is 19.9 Å². The van der Waals surface area contributed by atoms with Crippen molar-refractivity contribution in [3.05, 3.63) is 50.6 Å². The van der Waals surface area contributed by atoms with E-state index in [1.165, 1.54) is 6.92 Å². The molecule has 0 bridgehead atoms. The van der Waals surface area contributed by atoms with Crippen LogP contribution in [0.2, 0.25) is 9.36 Å². The van der Waals surface area contributed by atoms with Gasteiger partial charge in [-0.1, -0.05) is 23.2 Å². The molecule has 21 heavy (non-hydrogen) atoms. The highest BCUT2D eigenvalue weighted by Gasteiger charge is 2.20. The molecule has 2 aromatic rings. The molecule has 1 amide bonds. The zero-order valence-corrected chi connectivity index (χ0v) is 13.3. The number of hydrogen-bond acceptors (Lipinski definition) is 4. The molecule has 0 aliphatic heterocycles. The van der Waals surface area contributed by atoms with E-state index >= 15 is 0 Å². The Balaban J connectivity index is 1.93. The van der Waals surface area contributed by atoms with Crippen molar-refractivity contribution in [1.29, 1.82) is 0 Å². The molecule has 4 nitrogen and oxygen atoms in total. The third-order valence-corrected chi connectivity index (χ3v) is 4.00. The van der Waals surface area contributed by atoms with Crippen LogP contribution >= 0.6 is 34.5 Å². The number of halogens is 2. The Kier molecular flexibility index (Phi) is 5.22. The van der Waals surface area contributed by atoms with Crippen molar-refractivity contribution in [2.75, 3.05) is 5.32 Å². The van der Waals surface area contributed by atoms with Gasteiger partial charge in [-0.05, 0) is 43.3 Å². The number of benzene rings is 1. The number of ether oxygens (including phenoxy) is 1. The van der Waals surface area contributed by atoms with Crippen LogP contribution in [0.1, 0.15) is 16.6 Å². The third-order valence-electron chi connectivity index (χ3n) is 2.54. The van der Waals surface area contributed by atoms with E-state index < -0.39 is 18.0 Å². The molecule has 0 aliphatic carbocycles. The molecule has 0 unspecified atom stereocenters. The number of nitrogens with one attached hydrogen (secondary N) is 1. The number of carbonyl (C=O) groups excluding carboxylic acids is 2. The molecule has 1 aromatic carbocycles. The monoisotopic (exact) mass is 343 g/mol. The molecule has 0 spiro atoms. The topological polar surface area (TPSA) is 55.4 Å². The number of carbonyl (C=O) groups is 2. The van der Waals surface area contributed by atoms with E-state index in [-0.39, 0.29) is 0 Å². The summed E-state index contributed by atoms with van der Waals surface area (Å²) in [7, 11) is 0. The molecule has 0 saturated carbocycles. The van der Waals surface area contributed by atoms with Crippen LogP contribution in [0.4, 0.5) is 5.69 Å². The van der Waals surface area contributed by atoms with Gasteiger partial charge in [-0.25, -0.2) is 4.79 Å². The Bertz CT molecular complexity index is 654. The summed E-state index contributed by atoms with van der Waals surface area (Å²) in [5.41, 5.74) is 0.575. The number of thiophene rings is 1. The molecule has 0 saturated heterocycles. The number of esters is 1. The van der Waals surface area contributed by atoms with Crippen LogP contribution in [0.3, 0.4) is 0 Å². The molecular weight excluding hydrogens is 333 g/mol. The van der Waals surface area contributed by atoms with Crippen molar-refractivity contribution in [2.45, 2.75) is 13.0 Å². The largest absolute Gasteiger partial charge is 0.448 e. The lowest BCUT2D eigenvalue weighted by Gasteiger charge is -2.13. The molecule has 1 atom stereocenters. The molecule has 2 rings (SSSR count). The summed E-state index contributed by atoms with van der Waals surface area (Å²) in [6, 6.07) is 9.78. The molecule has 0 fully saturated rings. The van der Waals surface area contributed by atoms with Gasteiger partial charge in [0.2, 0.25) is 0 Å². The summed E-state index contributed by atoms with van der Waals surface area (Å²) in [5.74, 6) is -1.00. The van der Waals surface area contributed by atoms with Gasteiger partial charge in [0.05, 0.1) is 4.34 Å². The van der Waals surface area contributed by atoms with Gasteiger partial charge >= 0.3 is 5.97 Å². The highest BCUT2D eigenvalue weighted by molar-refractivity contribution is 7.17. The number of amides is 1. The highest BCUT2D eigenvalue weighted by atomic mass is 35.5. The Morgan fingerprint density at radius 1 is 1.14 bits per heavy atom. The fourth-order valence-corrected chi connectivity index (χ4v) is 2.53. The first-order chi connectivity index (χ1) is 9.95. The fraction of sp³-hybridized carbons (Fsp3) is 0.143. The van der Waals surface area contributed by atoms with E-state index in [4.69, 9.17) is 27.9 Å². The van der Waals surface area contributed by atoms with E-state index in [1.54, 1.807) is 36.4 Å². The maximum Gasteiger partial charge on any atom is 0.349 e. The lowest BCUT2D eigenvalue weighted by molar-refractivity contribution is -0.123. The summed E-state index contributed by atoms with van der Waals surface area (Å²) in [6.45, 7) is 1.50. The van der Waals surface area contributed by atoms with Crippen LogP contribution in [-0.4, -0.2) is 18.0 Å². The molecule has 110 valence electrons. The van der Waals surface area contributed by atoms with Gasteiger partial charge in [-0.3, -0.25) is 4.79 Å². The average molecular weight is 344 g/mol. The normalized spacial score (nSPS) is 11.8. The lowest BCUT2D eigenvalue weighted by atomic mass is 10.3. The minimum Gasteiger partial charge on any atom is -0.448 e. The van der Waals surface area contributed by atoms with Crippen LogP contribution in [-0.2, 0) is 9.53 Å². The Labute approximate surface area is 135 Å². The van der Waals surface area contributed by atoms with Gasteiger partial charge < -0.3 is 10.1 Å². The van der Waals surface area contributed by atoms with Gasteiger partial charge in [-0.2, -0.15) is 0 Å². The zero-order chi connectivity index (χ0) is 15.4. The molecule has 0 aliphatic rings. The van der Waals surface area contributed by atoms with E-state index in [2.05, 4.69) is 5.32 Å². The van der Waals surface area contributed by atoms with Crippen LogP contribution in [0.5, 0.6) is 0 Å². The maximum atomic E-state index is 11.9. The molecule has 1 heterocycles. The third kappa shape index (κ3) is 4.46. The van der Waals surface area contributed by atoms with Crippen molar-refractivity contribution >= 4 is 52.1 Å². The van der Waals surface area contributed by atoms with E-state index in [9.17, 15) is 9.59 Å². The highest BCUT2D eigenvalue weighted by Crippen LogP contribution is 2.22. The molecule has 1 N–H and O–H groups in total. The lowest BCUT2D eigenvalue weighted by Crippen LogP contribution is -2.29. The number of rotatable bonds is 4.